The Morgan fingerprint density at radius 2 is 2.09 bits per heavy atom. The lowest BCUT2D eigenvalue weighted by Gasteiger charge is -2.26. The molecule has 5 heteroatoms. The Morgan fingerprint density at radius 3 is 2.91 bits per heavy atom. The van der Waals surface area contributed by atoms with Gasteiger partial charge in [0.1, 0.15) is 11.9 Å². The summed E-state index contributed by atoms with van der Waals surface area (Å²) in [6.45, 7) is 0. The molecule has 0 fully saturated rings. The fourth-order valence-electron chi connectivity index (χ4n) is 3.20. The summed E-state index contributed by atoms with van der Waals surface area (Å²) >= 11 is 0. The van der Waals surface area contributed by atoms with E-state index in [2.05, 4.69) is 28.2 Å². The summed E-state index contributed by atoms with van der Waals surface area (Å²) in [5, 5.41) is 1.11. The lowest BCUT2D eigenvalue weighted by molar-refractivity contribution is -0.750. The van der Waals surface area contributed by atoms with Crippen molar-refractivity contribution in [3.63, 3.8) is 0 Å². The number of aliphatic imine (C=N–C) groups is 2. The molecule has 2 aromatic rings. The Morgan fingerprint density at radius 1 is 1.17 bits per heavy atom. The highest BCUT2D eigenvalue weighted by Crippen LogP contribution is 2.37. The molecule has 0 saturated heterocycles. The van der Waals surface area contributed by atoms with Gasteiger partial charge in [-0.1, -0.05) is 24.3 Å². The number of hydrogen-bond donors (Lipinski definition) is 2. The maximum atomic E-state index is 6.72. The molecular formula is C18H14N5+. The molecule has 0 bridgehead atoms. The lowest BCUT2D eigenvalue weighted by atomic mass is 10.0. The summed E-state index contributed by atoms with van der Waals surface area (Å²) in [5.74, 6) is 7.53. The van der Waals surface area contributed by atoms with E-state index < -0.39 is 0 Å². The number of allylic oxidation sites excluding steroid dienone is 4. The van der Waals surface area contributed by atoms with Crippen LogP contribution in [0.4, 0.5) is 0 Å². The number of hydrogen-bond acceptors (Lipinski definition) is 3. The molecule has 1 unspecified atom stereocenters. The SMILES string of the molecule is N[N+]12C=CN=CC1=C(C1=CC=C1)N=C2c1cccc2[nH]ccc12. The summed E-state index contributed by atoms with van der Waals surface area (Å²) in [6, 6.07) is 8.19. The summed E-state index contributed by atoms with van der Waals surface area (Å²) in [7, 11) is 0. The van der Waals surface area contributed by atoms with Crippen LogP contribution in [-0.4, -0.2) is 21.6 Å². The van der Waals surface area contributed by atoms with Gasteiger partial charge in [0.25, 0.3) is 5.84 Å². The molecule has 0 spiro atoms. The van der Waals surface area contributed by atoms with Gasteiger partial charge in [0.15, 0.2) is 0 Å². The molecule has 2 aliphatic heterocycles. The van der Waals surface area contributed by atoms with Gasteiger partial charge in [0.05, 0.1) is 18.0 Å². The molecule has 5 rings (SSSR count). The third-order valence-electron chi connectivity index (χ3n) is 4.45. The third-order valence-corrected chi connectivity index (χ3v) is 4.45. The fourth-order valence-corrected chi connectivity index (χ4v) is 3.20. The van der Waals surface area contributed by atoms with Crippen molar-refractivity contribution in [1.29, 1.82) is 0 Å². The first-order valence-corrected chi connectivity index (χ1v) is 7.45. The molecule has 0 radical (unpaired) electrons. The summed E-state index contributed by atoms with van der Waals surface area (Å²) in [6.07, 6.45) is 13.4. The molecule has 23 heavy (non-hydrogen) atoms. The minimum Gasteiger partial charge on any atom is -0.361 e. The molecule has 1 atom stereocenters. The number of quaternary nitrogens is 1. The molecule has 1 aliphatic carbocycles. The topological polar surface area (TPSA) is 66.5 Å². The molecule has 5 nitrogen and oxygen atoms in total. The highest BCUT2D eigenvalue weighted by molar-refractivity contribution is 6.09. The van der Waals surface area contributed by atoms with Gasteiger partial charge in [-0.3, -0.25) is 4.99 Å². The number of H-pyrrole nitrogens is 1. The van der Waals surface area contributed by atoms with Crippen LogP contribution in [0.3, 0.4) is 0 Å². The first-order chi connectivity index (χ1) is 11.3. The Balaban J connectivity index is 1.77. The van der Waals surface area contributed by atoms with E-state index in [0.29, 0.717) is 0 Å². The van der Waals surface area contributed by atoms with Crippen molar-refractivity contribution in [3.8, 4) is 0 Å². The Hall–Kier alpha value is -3.02. The minimum atomic E-state index is 0.0499. The zero-order valence-corrected chi connectivity index (χ0v) is 12.3. The highest BCUT2D eigenvalue weighted by Gasteiger charge is 2.45. The number of benzene rings is 1. The Labute approximate surface area is 132 Å². The van der Waals surface area contributed by atoms with Crippen molar-refractivity contribution in [1.82, 2.24) is 4.98 Å². The van der Waals surface area contributed by atoms with Crippen molar-refractivity contribution in [2.45, 2.75) is 0 Å². The van der Waals surface area contributed by atoms with Crippen molar-refractivity contribution in [3.05, 3.63) is 83.6 Å². The summed E-state index contributed by atoms with van der Waals surface area (Å²) in [5.41, 5.74) is 4.98. The first-order valence-electron chi connectivity index (χ1n) is 7.45. The average Bonchev–Trinajstić information content (AvgIpc) is 3.08. The number of nitrogens with one attached hydrogen (secondary N) is 1. The molecule has 0 amide bonds. The predicted molar refractivity (Wildman–Crippen MR) is 91.2 cm³/mol. The van der Waals surface area contributed by atoms with E-state index in [1.54, 1.807) is 12.4 Å². The van der Waals surface area contributed by atoms with Crippen LogP contribution >= 0.6 is 0 Å². The van der Waals surface area contributed by atoms with E-state index in [1.807, 2.05) is 36.7 Å². The molecule has 3 aliphatic rings. The number of aromatic amines is 1. The second kappa shape index (κ2) is 4.25. The van der Waals surface area contributed by atoms with Crippen molar-refractivity contribution in [2.24, 2.45) is 15.8 Å². The molecule has 1 aromatic carbocycles. The van der Waals surface area contributed by atoms with E-state index in [0.717, 1.165) is 39.3 Å². The number of rotatable bonds is 2. The number of nitrogens with two attached hydrogens (primary N) is 1. The van der Waals surface area contributed by atoms with E-state index >= 15 is 0 Å². The Bertz CT molecular complexity index is 1030. The molecule has 3 N–H and O–H groups in total. The van der Waals surface area contributed by atoms with Gasteiger partial charge in [0.2, 0.25) is 5.70 Å². The second-order valence-electron chi connectivity index (χ2n) is 5.75. The smallest absolute Gasteiger partial charge is 0.265 e. The number of amidine groups is 1. The normalized spacial score (nSPS) is 24.7. The van der Waals surface area contributed by atoms with Crippen LogP contribution in [0, 0.1) is 0 Å². The highest BCUT2D eigenvalue weighted by atomic mass is 15.6. The fraction of sp³-hybridized carbons (Fsp3) is 0. The predicted octanol–water partition coefficient (Wildman–Crippen LogP) is 2.88. The standard InChI is InChI=1S/C18H14N5/c19-23-10-9-20-11-16(23)17(12-3-1-4-12)22-18(23)14-5-2-6-15-13(14)7-8-21-15/h1-11,21H,19H2/q+1. The maximum absolute atomic E-state index is 6.72. The molecule has 1 aromatic heterocycles. The molecule has 0 saturated carbocycles. The third kappa shape index (κ3) is 1.57. The van der Waals surface area contributed by atoms with Crippen LogP contribution in [0.1, 0.15) is 5.56 Å². The Kier molecular flexibility index (Phi) is 2.31. The van der Waals surface area contributed by atoms with Crippen LogP contribution < -0.4 is 5.84 Å². The first kappa shape index (κ1) is 12.5. The number of nitrogens with zero attached hydrogens (tertiary/aromatic N) is 3. The second-order valence-corrected chi connectivity index (χ2v) is 5.75. The van der Waals surface area contributed by atoms with Gasteiger partial charge in [-0.05, 0) is 18.2 Å². The largest absolute Gasteiger partial charge is 0.361 e. The van der Waals surface area contributed by atoms with Gasteiger partial charge in [-0.15, -0.1) is 4.59 Å². The van der Waals surface area contributed by atoms with E-state index in [-0.39, 0.29) is 4.59 Å². The van der Waals surface area contributed by atoms with E-state index in [1.165, 1.54) is 0 Å². The quantitative estimate of drug-likeness (QED) is 0.650. The molecule has 110 valence electrons. The van der Waals surface area contributed by atoms with Crippen molar-refractivity contribution >= 4 is 23.0 Å². The van der Waals surface area contributed by atoms with Gasteiger partial charge >= 0.3 is 0 Å². The zero-order valence-electron chi connectivity index (χ0n) is 12.3. The number of fused-ring (bicyclic) bond motifs is 2. The van der Waals surface area contributed by atoms with E-state index in [4.69, 9.17) is 10.8 Å². The van der Waals surface area contributed by atoms with Gasteiger partial charge in [-0.2, -0.15) is 10.8 Å². The van der Waals surface area contributed by atoms with E-state index in [9.17, 15) is 0 Å². The monoisotopic (exact) mass is 300 g/mol. The lowest BCUT2D eigenvalue weighted by Crippen LogP contribution is -2.53. The van der Waals surface area contributed by atoms with Crippen LogP contribution in [0.15, 0.2) is 88.0 Å². The van der Waals surface area contributed by atoms with Crippen LogP contribution in [0.25, 0.3) is 10.9 Å². The van der Waals surface area contributed by atoms with Crippen molar-refractivity contribution < 1.29 is 4.59 Å². The van der Waals surface area contributed by atoms with Crippen LogP contribution in [0.2, 0.25) is 0 Å². The average molecular weight is 300 g/mol. The van der Waals surface area contributed by atoms with Crippen molar-refractivity contribution in [2.75, 3.05) is 0 Å². The minimum absolute atomic E-state index is 0.0499. The number of aromatic nitrogens is 1. The molecule has 3 heterocycles. The molecular weight excluding hydrogens is 286 g/mol. The van der Waals surface area contributed by atoms with Gasteiger partial charge in [-0.25, -0.2) is 0 Å². The van der Waals surface area contributed by atoms with Gasteiger partial charge < -0.3 is 4.98 Å². The van der Waals surface area contributed by atoms with Crippen LogP contribution in [0.5, 0.6) is 0 Å². The summed E-state index contributed by atoms with van der Waals surface area (Å²) in [4.78, 5) is 12.4. The van der Waals surface area contributed by atoms with Gasteiger partial charge in [0, 0.05) is 22.7 Å². The van der Waals surface area contributed by atoms with Crippen LogP contribution in [-0.2, 0) is 0 Å². The zero-order chi connectivity index (χ0) is 15.4. The maximum Gasteiger partial charge on any atom is 0.265 e. The summed E-state index contributed by atoms with van der Waals surface area (Å²) < 4.78 is 0.0499.